The highest BCUT2D eigenvalue weighted by Gasteiger charge is 2.12. The number of para-hydroxylation sites is 1. The summed E-state index contributed by atoms with van der Waals surface area (Å²) in [6.45, 7) is 5.48. The Labute approximate surface area is 109 Å². The van der Waals surface area contributed by atoms with E-state index in [-0.39, 0.29) is 0 Å². The highest BCUT2D eigenvalue weighted by molar-refractivity contribution is 5.97. The number of fused-ring (bicyclic) bond motifs is 1. The maximum Gasteiger partial charge on any atom is 0.0745 e. The fraction of sp³-hybridized carbons (Fsp3) is 0.400. The van der Waals surface area contributed by atoms with Crippen LogP contribution in [0.1, 0.15) is 20.3 Å². The van der Waals surface area contributed by atoms with E-state index in [9.17, 15) is 0 Å². The molecule has 0 aliphatic rings. The van der Waals surface area contributed by atoms with E-state index in [0.717, 1.165) is 28.8 Å². The second kappa shape index (κ2) is 5.25. The summed E-state index contributed by atoms with van der Waals surface area (Å²) in [4.78, 5) is 6.62. The van der Waals surface area contributed by atoms with E-state index < -0.39 is 0 Å². The SMILES string of the molecule is CCC(C)CN(C)c1c(N)cnc2ccccc12. The van der Waals surface area contributed by atoms with Crippen molar-refractivity contribution in [3.05, 3.63) is 30.5 Å². The quantitative estimate of drug-likeness (QED) is 0.896. The van der Waals surface area contributed by atoms with Gasteiger partial charge in [-0.25, -0.2) is 0 Å². The maximum atomic E-state index is 6.10. The first kappa shape index (κ1) is 12.7. The molecule has 0 aliphatic heterocycles. The zero-order valence-corrected chi connectivity index (χ0v) is 11.4. The third-order valence-electron chi connectivity index (χ3n) is 3.44. The van der Waals surface area contributed by atoms with Gasteiger partial charge in [0, 0.05) is 19.0 Å². The molecular formula is C15H21N3. The van der Waals surface area contributed by atoms with E-state index in [0.29, 0.717) is 5.92 Å². The third-order valence-corrected chi connectivity index (χ3v) is 3.44. The number of hydrogen-bond donors (Lipinski definition) is 1. The molecule has 3 heteroatoms. The summed E-state index contributed by atoms with van der Waals surface area (Å²) in [5.74, 6) is 0.654. The molecule has 0 amide bonds. The topological polar surface area (TPSA) is 42.1 Å². The smallest absolute Gasteiger partial charge is 0.0745 e. The van der Waals surface area contributed by atoms with Crippen LogP contribution in [0.2, 0.25) is 0 Å². The van der Waals surface area contributed by atoms with Crippen LogP contribution in [-0.2, 0) is 0 Å². The first-order valence-corrected chi connectivity index (χ1v) is 6.47. The monoisotopic (exact) mass is 243 g/mol. The van der Waals surface area contributed by atoms with E-state index in [1.807, 2.05) is 18.2 Å². The van der Waals surface area contributed by atoms with Gasteiger partial charge in [-0.1, -0.05) is 38.5 Å². The maximum absolute atomic E-state index is 6.10. The van der Waals surface area contributed by atoms with Gasteiger partial charge in [-0.3, -0.25) is 4.98 Å². The van der Waals surface area contributed by atoms with Crippen LogP contribution in [0.25, 0.3) is 10.9 Å². The van der Waals surface area contributed by atoms with Gasteiger partial charge in [0.25, 0.3) is 0 Å². The lowest BCUT2D eigenvalue weighted by Gasteiger charge is -2.25. The van der Waals surface area contributed by atoms with Gasteiger partial charge in [0.2, 0.25) is 0 Å². The fourth-order valence-corrected chi connectivity index (χ4v) is 2.26. The van der Waals surface area contributed by atoms with Gasteiger partial charge < -0.3 is 10.6 Å². The van der Waals surface area contributed by atoms with Crippen molar-refractivity contribution >= 4 is 22.3 Å². The zero-order chi connectivity index (χ0) is 13.1. The molecule has 0 saturated heterocycles. The highest BCUT2D eigenvalue weighted by atomic mass is 15.1. The molecule has 0 aliphatic carbocycles. The third kappa shape index (κ3) is 2.40. The van der Waals surface area contributed by atoms with Crippen LogP contribution in [0.3, 0.4) is 0 Å². The van der Waals surface area contributed by atoms with E-state index in [1.165, 1.54) is 6.42 Å². The minimum Gasteiger partial charge on any atom is -0.396 e. The Morgan fingerprint density at radius 1 is 1.33 bits per heavy atom. The summed E-state index contributed by atoms with van der Waals surface area (Å²) in [6, 6.07) is 8.14. The summed E-state index contributed by atoms with van der Waals surface area (Å²) < 4.78 is 0. The van der Waals surface area contributed by atoms with Crippen LogP contribution in [0.4, 0.5) is 11.4 Å². The van der Waals surface area contributed by atoms with Crippen molar-refractivity contribution in [1.29, 1.82) is 0 Å². The molecule has 1 atom stereocenters. The van der Waals surface area contributed by atoms with Crippen molar-refractivity contribution in [3.63, 3.8) is 0 Å². The Kier molecular flexibility index (Phi) is 3.70. The minimum atomic E-state index is 0.654. The summed E-state index contributed by atoms with van der Waals surface area (Å²) in [7, 11) is 2.10. The molecule has 18 heavy (non-hydrogen) atoms. The summed E-state index contributed by atoms with van der Waals surface area (Å²) in [5.41, 5.74) is 8.95. The first-order valence-electron chi connectivity index (χ1n) is 6.47. The molecule has 3 nitrogen and oxygen atoms in total. The first-order chi connectivity index (χ1) is 8.63. The number of benzene rings is 1. The summed E-state index contributed by atoms with van der Waals surface area (Å²) in [6.07, 6.45) is 2.93. The number of nitrogens with two attached hydrogens (primary N) is 1. The molecule has 96 valence electrons. The predicted molar refractivity (Wildman–Crippen MR) is 78.9 cm³/mol. The van der Waals surface area contributed by atoms with Gasteiger partial charge in [0.15, 0.2) is 0 Å². The second-order valence-corrected chi connectivity index (χ2v) is 4.97. The normalized spacial score (nSPS) is 12.6. The Balaban J connectivity index is 2.45. The Hall–Kier alpha value is -1.77. The number of aromatic nitrogens is 1. The number of anilines is 2. The average molecular weight is 243 g/mol. The zero-order valence-electron chi connectivity index (χ0n) is 11.4. The molecule has 0 bridgehead atoms. The predicted octanol–water partition coefficient (Wildman–Crippen LogP) is 3.30. The number of pyridine rings is 1. The number of nitrogens with zero attached hydrogens (tertiary/aromatic N) is 2. The van der Waals surface area contributed by atoms with E-state index in [1.54, 1.807) is 6.20 Å². The van der Waals surface area contributed by atoms with Crippen molar-refractivity contribution in [1.82, 2.24) is 4.98 Å². The van der Waals surface area contributed by atoms with Crippen LogP contribution < -0.4 is 10.6 Å². The van der Waals surface area contributed by atoms with Crippen LogP contribution >= 0.6 is 0 Å². The van der Waals surface area contributed by atoms with Crippen molar-refractivity contribution in [2.24, 2.45) is 5.92 Å². The molecule has 0 fully saturated rings. The lowest BCUT2D eigenvalue weighted by atomic mass is 10.1. The van der Waals surface area contributed by atoms with Gasteiger partial charge in [-0.2, -0.15) is 0 Å². The van der Waals surface area contributed by atoms with Gasteiger partial charge in [-0.05, 0) is 12.0 Å². The van der Waals surface area contributed by atoms with Crippen LogP contribution in [0.5, 0.6) is 0 Å². The molecule has 0 spiro atoms. The Morgan fingerprint density at radius 3 is 2.78 bits per heavy atom. The molecule has 2 N–H and O–H groups in total. The summed E-state index contributed by atoms with van der Waals surface area (Å²) >= 11 is 0. The van der Waals surface area contributed by atoms with Crippen LogP contribution in [0.15, 0.2) is 30.5 Å². The molecule has 1 aromatic heterocycles. The molecule has 1 unspecified atom stereocenters. The number of hydrogen-bond acceptors (Lipinski definition) is 3. The Bertz CT molecular complexity index is 536. The average Bonchev–Trinajstić information content (AvgIpc) is 2.38. The van der Waals surface area contributed by atoms with Gasteiger partial charge in [0.1, 0.15) is 0 Å². The van der Waals surface area contributed by atoms with Crippen LogP contribution in [0, 0.1) is 5.92 Å². The van der Waals surface area contributed by atoms with Gasteiger partial charge in [-0.15, -0.1) is 0 Å². The number of nitrogen functional groups attached to an aromatic ring is 1. The van der Waals surface area contributed by atoms with Crippen molar-refractivity contribution in [2.75, 3.05) is 24.2 Å². The molecule has 2 rings (SSSR count). The molecule has 1 aromatic carbocycles. The second-order valence-electron chi connectivity index (χ2n) is 4.97. The molecule has 1 heterocycles. The standard InChI is InChI=1S/C15H21N3/c1-4-11(2)10-18(3)15-12-7-5-6-8-14(12)17-9-13(15)16/h5-9,11H,4,10,16H2,1-3H3. The van der Waals surface area contributed by atoms with Crippen molar-refractivity contribution in [3.8, 4) is 0 Å². The van der Waals surface area contributed by atoms with E-state index in [4.69, 9.17) is 5.73 Å². The minimum absolute atomic E-state index is 0.654. The lowest BCUT2D eigenvalue weighted by molar-refractivity contribution is 0.560. The molecule has 0 saturated carbocycles. The van der Waals surface area contributed by atoms with Crippen LogP contribution in [-0.4, -0.2) is 18.6 Å². The van der Waals surface area contributed by atoms with E-state index in [2.05, 4.69) is 36.8 Å². The van der Waals surface area contributed by atoms with Gasteiger partial charge in [0.05, 0.1) is 23.1 Å². The summed E-state index contributed by atoms with van der Waals surface area (Å²) in [5, 5.41) is 1.13. The van der Waals surface area contributed by atoms with Crippen molar-refractivity contribution in [2.45, 2.75) is 20.3 Å². The fourth-order valence-electron chi connectivity index (χ4n) is 2.26. The molecular weight excluding hydrogens is 222 g/mol. The lowest BCUT2D eigenvalue weighted by Crippen LogP contribution is -2.24. The molecule has 0 radical (unpaired) electrons. The van der Waals surface area contributed by atoms with Gasteiger partial charge >= 0.3 is 0 Å². The van der Waals surface area contributed by atoms with E-state index >= 15 is 0 Å². The highest BCUT2D eigenvalue weighted by Crippen LogP contribution is 2.31. The molecule has 2 aromatic rings. The largest absolute Gasteiger partial charge is 0.396 e. The number of rotatable bonds is 4. The van der Waals surface area contributed by atoms with Crippen molar-refractivity contribution < 1.29 is 0 Å². The Morgan fingerprint density at radius 2 is 2.06 bits per heavy atom.